The average molecular weight is 334 g/mol. The Balaban J connectivity index is 1.75. The van der Waals surface area contributed by atoms with Gasteiger partial charge in [0.25, 0.3) is 0 Å². The van der Waals surface area contributed by atoms with Crippen molar-refractivity contribution in [3.63, 3.8) is 0 Å². The van der Waals surface area contributed by atoms with Gasteiger partial charge in [0.1, 0.15) is 0 Å². The molecule has 0 spiro atoms. The van der Waals surface area contributed by atoms with E-state index in [2.05, 4.69) is 16.7 Å². The summed E-state index contributed by atoms with van der Waals surface area (Å²) in [5, 5.41) is 5.97. The molecule has 1 aliphatic carbocycles. The van der Waals surface area contributed by atoms with Crippen molar-refractivity contribution < 1.29 is 14.3 Å². The van der Waals surface area contributed by atoms with Gasteiger partial charge in [-0.3, -0.25) is 0 Å². The zero-order chi connectivity index (χ0) is 17.4. The second-order valence-corrected chi connectivity index (χ2v) is 6.20. The number of nitrogens with one attached hydrogen (secondary N) is 2. The maximum absolute atomic E-state index is 12.2. The molecule has 25 heavy (non-hydrogen) atoms. The zero-order valence-electron chi connectivity index (χ0n) is 13.8. The number of carbonyl (C=O) groups is 2. The highest BCUT2D eigenvalue weighted by Crippen LogP contribution is 2.38. The van der Waals surface area contributed by atoms with E-state index < -0.39 is 0 Å². The number of amides is 2. The van der Waals surface area contributed by atoms with Gasteiger partial charge in [-0.25, -0.2) is 9.59 Å². The van der Waals surface area contributed by atoms with Gasteiger partial charge in [0.15, 0.2) is 0 Å². The average Bonchev–Trinajstić information content (AvgIpc) is 2.66. The van der Waals surface area contributed by atoms with Crippen molar-refractivity contribution in [2.75, 3.05) is 7.11 Å². The van der Waals surface area contributed by atoms with Crippen LogP contribution in [0.15, 0.2) is 54.1 Å². The van der Waals surface area contributed by atoms with Crippen LogP contribution < -0.4 is 10.6 Å². The first-order valence-electron chi connectivity index (χ1n) is 8.24. The Morgan fingerprint density at radius 2 is 1.84 bits per heavy atom. The number of urea groups is 1. The van der Waals surface area contributed by atoms with Gasteiger partial charge in [0.2, 0.25) is 0 Å². The van der Waals surface area contributed by atoms with Crippen LogP contribution in [0.1, 0.15) is 39.5 Å². The van der Waals surface area contributed by atoms with Crippen molar-refractivity contribution in [2.24, 2.45) is 0 Å². The first kappa shape index (κ1) is 15.4. The molecule has 2 aromatic rings. The third-order valence-corrected chi connectivity index (χ3v) is 4.80. The van der Waals surface area contributed by atoms with E-state index in [-0.39, 0.29) is 18.0 Å². The lowest BCUT2D eigenvalue weighted by atomic mass is 9.83. The monoisotopic (exact) mass is 334 g/mol. The smallest absolute Gasteiger partial charge is 0.337 e. The second kappa shape index (κ2) is 6.09. The van der Waals surface area contributed by atoms with Gasteiger partial charge in [0, 0.05) is 5.56 Å². The molecule has 0 fully saturated rings. The Labute approximate surface area is 145 Å². The Kier molecular flexibility index (Phi) is 3.76. The maximum atomic E-state index is 12.2. The Morgan fingerprint density at radius 1 is 1.08 bits per heavy atom. The van der Waals surface area contributed by atoms with Crippen molar-refractivity contribution in [1.29, 1.82) is 0 Å². The van der Waals surface area contributed by atoms with Gasteiger partial charge < -0.3 is 15.4 Å². The summed E-state index contributed by atoms with van der Waals surface area (Å²) in [7, 11) is 1.36. The molecule has 1 aliphatic heterocycles. The van der Waals surface area contributed by atoms with E-state index in [0.29, 0.717) is 5.56 Å². The fourth-order valence-electron chi connectivity index (χ4n) is 3.57. The van der Waals surface area contributed by atoms with Crippen LogP contribution in [0.25, 0.3) is 5.70 Å². The fraction of sp³-hybridized carbons (Fsp3) is 0.200. The molecular weight excluding hydrogens is 316 g/mol. The lowest BCUT2D eigenvalue weighted by molar-refractivity contribution is 0.0600. The second-order valence-electron chi connectivity index (χ2n) is 6.20. The molecule has 1 heterocycles. The Hall–Kier alpha value is -3.08. The van der Waals surface area contributed by atoms with E-state index in [1.165, 1.54) is 18.2 Å². The summed E-state index contributed by atoms with van der Waals surface area (Å²) in [4.78, 5) is 23.8. The molecule has 0 radical (unpaired) electrons. The van der Waals surface area contributed by atoms with E-state index in [0.717, 1.165) is 29.7 Å². The molecule has 5 heteroatoms. The van der Waals surface area contributed by atoms with Gasteiger partial charge in [0.05, 0.1) is 24.4 Å². The predicted molar refractivity (Wildman–Crippen MR) is 93.9 cm³/mol. The molecular formula is C20H18N2O3. The van der Waals surface area contributed by atoms with Gasteiger partial charge in [-0.15, -0.1) is 0 Å². The summed E-state index contributed by atoms with van der Waals surface area (Å²) < 4.78 is 4.74. The number of methoxy groups -OCH3 is 1. The Bertz CT molecular complexity index is 884. The van der Waals surface area contributed by atoms with Crippen LogP contribution in [0.4, 0.5) is 4.79 Å². The molecule has 0 saturated heterocycles. The SMILES string of the molecule is COC(=O)c1ccc(C2NC(=O)NC3=C2CCc2ccccc23)cc1. The lowest BCUT2D eigenvalue weighted by Gasteiger charge is -2.34. The summed E-state index contributed by atoms with van der Waals surface area (Å²) >= 11 is 0. The number of esters is 1. The van der Waals surface area contributed by atoms with Crippen molar-refractivity contribution in [3.8, 4) is 0 Å². The van der Waals surface area contributed by atoms with E-state index in [4.69, 9.17) is 4.74 Å². The van der Waals surface area contributed by atoms with Crippen molar-refractivity contribution in [1.82, 2.24) is 10.6 Å². The number of rotatable bonds is 2. The third-order valence-electron chi connectivity index (χ3n) is 4.80. The van der Waals surface area contributed by atoms with E-state index in [9.17, 15) is 9.59 Å². The van der Waals surface area contributed by atoms with Crippen LogP contribution >= 0.6 is 0 Å². The van der Waals surface area contributed by atoms with E-state index in [1.807, 2.05) is 30.3 Å². The normalized spacial score (nSPS) is 18.6. The molecule has 2 aromatic carbocycles. The largest absolute Gasteiger partial charge is 0.465 e. The topological polar surface area (TPSA) is 67.4 Å². The molecule has 2 aliphatic rings. The minimum absolute atomic E-state index is 0.191. The summed E-state index contributed by atoms with van der Waals surface area (Å²) in [6.45, 7) is 0. The van der Waals surface area contributed by atoms with Gasteiger partial charge in [-0.1, -0.05) is 36.4 Å². The summed E-state index contributed by atoms with van der Waals surface area (Å²) in [6, 6.07) is 15.0. The molecule has 1 atom stereocenters. The summed E-state index contributed by atoms with van der Waals surface area (Å²) in [5.74, 6) is -0.368. The highest BCUT2D eigenvalue weighted by atomic mass is 16.5. The molecule has 5 nitrogen and oxygen atoms in total. The third kappa shape index (κ3) is 2.67. The number of carbonyl (C=O) groups excluding carboxylic acids is 2. The number of ether oxygens (including phenoxy) is 1. The van der Waals surface area contributed by atoms with Crippen LogP contribution in [0.3, 0.4) is 0 Å². The highest BCUT2D eigenvalue weighted by Gasteiger charge is 2.31. The summed E-state index contributed by atoms with van der Waals surface area (Å²) in [5.41, 5.74) is 5.87. The molecule has 0 aromatic heterocycles. The molecule has 2 amide bonds. The van der Waals surface area contributed by atoms with Crippen molar-refractivity contribution in [2.45, 2.75) is 18.9 Å². The minimum atomic E-state index is -0.368. The molecule has 0 saturated carbocycles. The summed E-state index contributed by atoms with van der Waals surface area (Å²) in [6.07, 6.45) is 1.83. The number of hydrogen-bond donors (Lipinski definition) is 2. The molecule has 0 bridgehead atoms. The predicted octanol–water partition coefficient (Wildman–Crippen LogP) is 3.18. The minimum Gasteiger partial charge on any atom is -0.465 e. The van der Waals surface area contributed by atoms with Crippen molar-refractivity contribution >= 4 is 17.7 Å². The first-order valence-corrected chi connectivity index (χ1v) is 8.24. The van der Waals surface area contributed by atoms with Gasteiger partial charge in [-0.05, 0) is 41.7 Å². The number of aryl methyl sites for hydroxylation is 1. The van der Waals surface area contributed by atoms with Gasteiger partial charge >= 0.3 is 12.0 Å². The zero-order valence-corrected chi connectivity index (χ0v) is 13.8. The van der Waals surface area contributed by atoms with E-state index in [1.54, 1.807) is 12.1 Å². The van der Waals surface area contributed by atoms with Crippen LogP contribution in [-0.2, 0) is 11.2 Å². The number of fused-ring (bicyclic) bond motifs is 2. The highest BCUT2D eigenvalue weighted by molar-refractivity contribution is 5.92. The molecule has 4 rings (SSSR count). The fourth-order valence-corrected chi connectivity index (χ4v) is 3.57. The van der Waals surface area contributed by atoms with E-state index >= 15 is 0 Å². The van der Waals surface area contributed by atoms with Crippen LogP contribution in [0.5, 0.6) is 0 Å². The van der Waals surface area contributed by atoms with Gasteiger partial charge in [-0.2, -0.15) is 0 Å². The number of benzene rings is 2. The first-order chi connectivity index (χ1) is 12.2. The van der Waals surface area contributed by atoms with Crippen LogP contribution in [0.2, 0.25) is 0 Å². The molecule has 126 valence electrons. The quantitative estimate of drug-likeness (QED) is 0.829. The number of hydrogen-bond acceptors (Lipinski definition) is 3. The molecule has 2 N–H and O–H groups in total. The standard InChI is InChI=1S/C20H18N2O3/c1-25-19(23)14-8-6-13(7-9-14)17-16-11-10-12-4-2-3-5-15(12)18(16)22-20(24)21-17/h2-9,17H,10-11H2,1H3,(H2,21,22,24). The maximum Gasteiger partial charge on any atom is 0.337 e. The van der Waals surface area contributed by atoms with Crippen LogP contribution in [-0.4, -0.2) is 19.1 Å². The Morgan fingerprint density at radius 3 is 2.60 bits per heavy atom. The van der Waals surface area contributed by atoms with Crippen molar-refractivity contribution in [3.05, 3.63) is 76.4 Å². The van der Waals surface area contributed by atoms with Crippen LogP contribution in [0, 0.1) is 0 Å². The lowest BCUT2D eigenvalue weighted by Crippen LogP contribution is -2.44. The molecule has 1 unspecified atom stereocenters.